The normalized spacial score (nSPS) is 10.5. The fraction of sp³-hybridized carbons (Fsp3) is 0. The topological polar surface area (TPSA) is 78.9 Å². The Bertz CT molecular complexity index is 600. The predicted octanol–water partition coefficient (Wildman–Crippen LogP) is 2.10. The Morgan fingerprint density at radius 2 is 2.06 bits per heavy atom. The smallest absolute Gasteiger partial charge is 0.358 e. The number of hydrogen-bond donors (Lipinski definition) is 2. The first-order valence-corrected chi connectivity index (χ1v) is 4.68. The maximum absolute atomic E-state index is 13.6. The summed E-state index contributed by atoms with van der Waals surface area (Å²) in [5, 5.41) is 17.1. The molecule has 0 amide bonds. The lowest BCUT2D eigenvalue weighted by Crippen LogP contribution is -2.02. The number of benzene rings is 1. The van der Waals surface area contributed by atoms with Gasteiger partial charge in [0.2, 0.25) is 0 Å². The summed E-state index contributed by atoms with van der Waals surface area (Å²) in [6, 6.07) is 1.94. The van der Waals surface area contributed by atoms with Gasteiger partial charge in [0.25, 0.3) is 0 Å². The fourth-order valence-corrected chi connectivity index (χ4v) is 1.46. The molecule has 0 unspecified atom stereocenters. The summed E-state index contributed by atoms with van der Waals surface area (Å²) < 4.78 is 27.1. The zero-order chi connectivity index (χ0) is 12.6. The average molecular weight is 260 g/mol. The van der Waals surface area contributed by atoms with E-state index in [1.165, 1.54) is 0 Å². The molecule has 0 saturated heterocycles. The molecule has 0 fully saturated rings. The van der Waals surface area contributed by atoms with E-state index in [0.717, 1.165) is 12.1 Å². The van der Waals surface area contributed by atoms with E-state index in [2.05, 4.69) is 10.2 Å². The number of aromatic amines is 1. The van der Waals surface area contributed by atoms with Crippen LogP contribution in [0, 0.1) is 11.6 Å². The van der Waals surface area contributed by atoms with Gasteiger partial charge < -0.3 is 5.11 Å². The first-order chi connectivity index (χ1) is 8.02. The molecular formula is C9H4ClF2N3O2. The zero-order valence-electron chi connectivity index (χ0n) is 8.04. The molecule has 1 aromatic heterocycles. The van der Waals surface area contributed by atoms with Crippen LogP contribution in [0.5, 0.6) is 0 Å². The Balaban J connectivity index is 2.72. The van der Waals surface area contributed by atoms with E-state index < -0.39 is 34.6 Å². The van der Waals surface area contributed by atoms with E-state index in [-0.39, 0.29) is 5.02 Å². The maximum Gasteiger partial charge on any atom is 0.358 e. The van der Waals surface area contributed by atoms with Crippen LogP contribution in [0.4, 0.5) is 8.78 Å². The van der Waals surface area contributed by atoms with Crippen molar-refractivity contribution in [3.8, 4) is 11.3 Å². The lowest BCUT2D eigenvalue weighted by atomic mass is 10.1. The van der Waals surface area contributed by atoms with Gasteiger partial charge in [-0.05, 0) is 12.1 Å². The molecule has 0 atom stereocenters. The second kappa shape index (κ2) is 4.10. The zero-order valence-corrected chi connectivity index (χ0v) is 8.79. The van der Waals surface area contributed by atoms with Crippen molar-refractivity contribution in [1.29, 1.82) is 0 Å². The molecular weight excluding hydrogens is 256 g/mol. The summed E-state index contributed by atoms with van der Waals surface area (Å²) in [6.45, 7) is 0. The quantitative estimate of drug-likeness (QED) is 0.810. The fourth-order valence-electron chi connectivity index (χ4n) is 1.30. The highest BCUT2D eigenvalue weighted by atomic mass is 35.5. The van der Waals surface area contributed by atoms with Gasteiger partial charge in [0, 0.05) is 0 Å². The standard InChI is InChI=1S/C9H4ClF2N3O2/c10-3-1-2-4(11)5(6(3)12)7-8(9(16)17)14-15-13-7/h1-2H,(H,16,17)(H,13,14,15). The Morgan fingerprint density at radius 1 is 1.35 bits per heavy atom. The van der Waals surface area contributed by atoms with Crippen LogP contribution in [0.1, 0.15) is 10.5 Å². The molecule has 1 aromatic carbocycles. The Labute approximate surface area is 98.0 Å². The van der Waals surface area contributed by atoms with Crippen molar-refractivity contribution in [3.05, 3.63) is 34.5 Å². The minimum absolute atomic E-state index is 0.333. The number of aromatic nitrogens is 3. The van der Waals surface area contributed by atoms with Crippen LogP contribution in [-0.2, 0) is 0 Å². The van der Waals surface area contributed by atoms with Crippen molar-refractivity contribution in [2.45, 2.75) is 0 Å². The third kappa shape index (κ3) is 1.84. The Hall–Kier alpha value is -2.02. The summed E-state index contributed by atoms with van der Waals surface area (Å²) in [6.07, 6.45) is 0. The second-order valence-electron chi connectivity index (χ2n) is 3.04. The van der Waals surface area contributed by atoms with Crippen LogP contribution in [0.25, 0.3) is 11.3 Å². The van der Waals surface area contributed by atoms with E-state index >= 15 is 0 Å². The summed E-state index contributed by atoms with van der Waals surface area (Å²) in [7, 11) is 0. The van der Waals surface area contributed by atoms with Crippen molar-refractivity contribution in [2.75, 3.05) is 0 Å². The number of hydrogen-bond acceptors (Lipinski definition) is 3. The molecule has 1 heterocycles. The van der Waals surface area contributed by atoms with E-state index in [1.807, 2.05) is 5.21 Å². The Morgan fingerprint density at radius 3 is 2.71 bits per heavy atom. The molecule has 0 aliphatic rings. The van der Waals surface area contributed by atoms with E-state index in [1.54, 1.807) is 0 Å². The minimum atomic E-state index is -1.45. The number of carboxylic acid groups (broad SMARTS) is 1. The van der Waals surface area contributed by atoms with Gasteiger partial charge in [0.15, 0.2) is 11.5 Å². The van der Waals surface area contributed by atoms with Crippen LogP contribution in [0.2, 0.25) is 5.02 Å². The average Bonchev–Trinajstić information content (AvgIpc) is 2.73. The number of aromatic carboxylic acids is 1. The molecule has 5 nitrogen and oxygen atoms in total. The number of nitrogens with one attached hydrogen (secondary N) is 1. The summed E-state index contributed by atoms with van der Waals surface area (Å²) in [5.41, 5.74) is -1.64. The molecule has 0 aliphatic carbocycles. The van der Waals surface area contributed by atoms with Gasteiger partial charge >= 0.3 is 5.97 Å². The van der Waals surface area contributed by atoms with Crippen LogP contribution in [0.15, 0.2) is 12.1 Å². The first-order valence-electron chi connectivity index (χ1n) is 4.30. The monoisotopic (exact) mass is 259 g/mol. The maximum atomic E-state index is 13.6. The Kier molecular flexibility index (Phi) is 2.76. The number of carboxylic acids is 1. The molecule has 2 rings (SSSR count). The van der Waals surface area contributed by atoms with Gasteiger partial charge in [-0.3, -0.25) is 0 Å². The van der Waals surface area contributed by atoms with Gasteiger partial charge in [-0.2, -0.15) is 10.3 Å². The molecule has 88 valence electrons. The first kappa shape index (κ1) is 11.5. The second-order valence-corrected chi connectivity index (χ2v) is 3.45. The predicted molar refractivity (Wildman–Crippen MR) is 53.7 cm³/mol. The number of halogens is 3. The lowest BCUT2D eigenvalue weighted by molar-refractivity contribution is 0.0691. The van der Waals surface area contributed by atoms with Crippen molar-refractivity contribution >= 4 is 17.6 Å². The number of rotatable bonds is 2. The van der Waals surface area contributed by atoms with E-state index in [0.29, 0.717) is 0 Å². The molecule has 0 bridgehead atoms. The molecule has 2 aromatic rings. The minimum Gasteiger partial charge on any atom is -0.476 e. The highest BCUT2D eigenvalue weighted by molar-refractivity contribution is 6.31. The highest BCUT2D eigenvalue weighted by Gasteiger charge is 2.24. The number of nitrogens with zero attached hydrogens (tertiary/aromatic N) is 2. The lowest BCUT2D eigenvalue weighted by Gasteiger charge is -2.03. The molecule has 2 N–H and O–H groups in total. The number of carbonyl (C=O) groups is 1. The van der Waals surface area contributed by atoms with Crippen molar-refractivity contribution in [2.24, 2.45) is 0 Å². The van der Waals surface area contributed by atoms with Crippen LogP contribution in [0.3, 0.4) is 0 Å². The van der Waals surface area contributed by atoms with Crippen LogP contribution < -0.4 is 0 Å². The molecule has 8 heteroatoms. The third-order valence-corrected chi connectivity index (χ3v) is 2.32. The third-order valence-electron chi connectivity index (χ3n) is 2.03. The van der Waals surface area contributed by atoms with Gasteiger partial charge in [-0.15, -0.1) is 5.10 Å². The van der Waals surface area contributed by atoms with Crippen LogP contribution in [-0.4, -0.2) is 26.5 Å². The SMILES string of the molecule is O=C(O)c1n[nH]nc1-c1c(F)ccc(Cl)c1F. The molecule has 0 spiro atoms. The summed E-state index contributed by atoms with van der Waals surface area (Å²) in [4.78, 5) is 10.8. The van der Waals surface area contributed by atoms with E-state index in [4.69, 9.17) is 16.7 Å². The summed E-state index contributed by atoms with van der Waals surface area (Å²) >= 11 is 5.49. The molecule has 17 heavy (non-hydrogen) atoms. The van der Waals surface area contributed by atoms with Gasteiger partial charge in [0.05, 0.1) is 10.6 Å². The summed E-state index contributed by atoms with van der Waals surface area (Å²) in [5.74, 6) is -3.50. The van der Waals surface area contributed by atoms with Crippen molar-refractivity contribution < 1.29 is 18.7 Å². The molecule has 0 aliphatic heterocycles. The van der Waals surface area contributed by atoms with Gasteiger partial charge in [-0.25, -0.2) is 13.6 Å². The van der Waals surface area contributed by atoms with Gasteiger partial charge in [-0.1, -0.05) is 11.6 Å². The van der Waals surface area contributed by atoms with Gasteiger partial charge in [0.1, 0.15) is 11.5 Å². The molecule has 0 radical (unpaired) electrons. The van der Waals surface area contributed by atoms with Crippen molar-refractivity contribution in [3.63, 3.8) is 0 Å². The largest absolute Gasteiger partial charge is 0.476 e. The highest BCUT2D eigenvalue weighted by Crippen LogP contribution is 2.30. The van der Waals surface area contributed by atoms with E-state index in [9.17, 15) is 13.6 Å². The van der Waals surface area contributed by atoms with Crippen LogP contribution >= 0.6 is 11.6 Å². The van der Waals surface area contributed by atoms with Crippen molar-refractivity contribution in [1.82, 2.24) is 15.4 Å². The molecule has 0 saturated carbocycles. The number of H-pyrrole nitrogens is 1.